The number of hydrogen-bond acceptors (Lipinski definition) is 0. The molecule has 0 fully saturated rings. The highest BCUT2D eigenvalue weighted by molar-refractivity contribution is 7.04. The highest BCUT2D eigenvalue weighted by Gasteiger charge is 2.43. The zero-order valence-corrected chi connectivity index (χ0v) is 42.2. The molecule has 6 bridgehead atoms. The van der Waals surface area contributed by atoms with Crippen molar-refractivity contribution in [2.75, 3.05) is 0 Å². The molecule has 0 amide bonds. The second-order valence-electron chi connectivity index (χ2n) is 22.5. The molecule has 12 aromatic rings. The molecule has 0 nitrogen and oxygen atoms in total. The molecule has 0 saturated carbocycles. The van der Waals surface area contributed by atoms with Gasteiger partial charge in [-0.2, -0.15) is 0 Å². The topological polar surface area (TPSA) is 0 Å². The first-order valence-corrected chi connectivity index (χ1v) is 28.8. The molecule has 338 valence electrons. The Bertz CT molecular complexity index is 4470. The van der Waals surface area contributed by atoms with Gasteiger partial charge < -0.3 is 0 Å². The molecule has 0 radical (unpaired) electrons. The van der Waals surface area contributed by atoms with Gasteiger partial charge in [0.05, 0.1) is 0 Å². The van der Waals surface area contributed by atoms with Crippen molar-refractivity contribution in [2.24, 2.45) is 0 Å². The van der Waals surface area contributed by atoms with E-state index in [1.165, 1.54) is 159 Å². The van der Waals surface area contributed by atoms with Crippen LogP contribution in [0.2, 0.25) is 13.1 Å². The Morgan fingerprint density at radius 1 is 0.292 bits per heavy atom. The maximum absolute atomic E-state index is 2.67. The van der Waals surface area contributed by atoms with E-state index < -0.39 is 8.07 Å². The molecule has 72 heavy (non-hydrogen) atoms. The summed E-state index contributed by atoms with van der Waals surface area (Å²) in [6.45, 7) is 12.4. The average Bonchev–Trinajstić information content (AvgIpc) is 3.91. The Hall–Kier alpha value is -8.10. The lowest BCUT2D eigenvalue weighted by Crippen LogP contribution is -2.49. The third-order valence-electron chi connectivity index (χ3n) is 18.3. The van der Waals surface area contributed by atoms with Crippen LogP contribution < -0.4 is 10.4 Å². The second-order valence-corrected chi connectivity index (χ2v) is 26.8. The average molecular weight is 931 g/mol. The highest BCUT2D eigenvalue weighted by Crippen LogP contribution is 2.57. The number of rotatable bonds is 2. The molecule has 1 atom stereocenters. The molecule has 0 spiro atoms. The van der Waals surface area contributed by atoms with Crippen LogP contribution in [-0.2, 0) is 10.8 Å². The molecular weight excluding hydrogens is 881 g/mol. The first-order chi connectivity index (χ1) is 35.1. The van der Waals surface area contributed by atoms with Crippen molar-refractivity contribution in [1.82, 2.24) is 0 Å². The van der Waals surface area contributed by atoms with E-state index in [4.69, 9.17) is 0 Å². The summed E-state index contributed by atoms with van der Waals surface area (Å²) in [7, 11) is -2.07. The predicted molar refractivity (Wildman–Crippen MR) is 309 cm³/mol. The molecule has 1 aliphatic heterocycles. The molecule has 1 unspecified atom stereocenters. The van der Waals surface area contributed by atoms with Crippen LogP contribution in [0.15, 0.2) is 212 Å². The van der Waals surface area contributed by atoms with E-state index in [0.29, 0.717) is 0 Å². The highest BCUT2D eigenvalue weighted by atomic mass is 28.3. The first kappa shape index (κ1) is 40.6. The zero-order valence-electron chi connectivity index (χ0n) is 41.2. The fourth-order valence-corrected chi connectivity index (χ4v) is 17.6. The zero-order chi connectivity index (χ0) is 48.0. The van der Waals surface area contributed by atoms with Gasteiger partial charge in [-0.05, 0) is 202 Å². The Morgan fingerprint density at radius 2 is 0.833 bits per heavy atom. The molecule has 12 aromatic carbocycles. The van der Waals surface area contributed by atoms with Gasteiger partial charge >= 0.3 is 0 Å². The molecule has 1 heteroatoms. The van der Waals surface area contributed by atoms with Crippen LogP contribution >= 0.6 is 0 Å². The normalized spacial score (nSPS) is 16.7. The summed E-state index contributed by atoms with van der Waals surface area (Å²) in [5.41, 5.74) is 24.8. The number of hydrogen-bond donors (Lipinski definition) is 0. The van der Waals surface area contributed by atoms with Crippen LogP contribution in [0.25, 0.3) is 121 Å². The van der Waals surface area contributed by atoms with Gasteiger partial charge in [-0.25, -0.2) is 0 Å². The Morgan fingerprint density at radius 3 is 1.64 bits per heavy atom. The summed E-state index contributed by atoms with van der Waals surface area (Å²) in [6.07, 6.45) is 0. The maximum Gasteiger partial charge on any atom is 0.113 e. The first-order valence-electron chi connectivity index (χ1n) is 25.8. The fraction of sp³-hybridized carbons (Fsp3) is 0.0986. The van der Waals surface area contributed by atoms with Gasteiger partial charge in [0, 0.05) is 10.8 Å². The van der Waals surface area contributed by atoms with E-state index in [1.807, 2.05) is 0 Å². The monoisotopic (exact) mass is 930 g/mol. The van der Waals surface area contributed by atoms with E-state index in [1.54, 1.807) is 0 Å². The van der Waals surface area contributed by atoms with Crippen molar-refractivity contribution in [2.45, 2.75) is 44.7 Å². The lowest BCUT2D eigenvalue weighted by molar-refractivity contribution is 0.660. The van der Waals surface area contributed by atoms with Crippen LogP contribution in [0.4, 0.5) is 0 Å². The van der Waals surface area contributed by atoms with Gasteiger partial charge in [0.25, 0.3) is 0 Å². The van der Waals surface area contributed by atoms with Gasteiger partial charge in [-0.15, -0.1) is 0 Å². The Labute approximate surface area is 421 Å². The van der Waals surface area contributed by atoms with Crippen molar-refractivity contribution in [1.29, 1.82) is 0 Å². The second kappa shape index (κ2) is 13.9. The van der Waals surface area contributed by atoms with E-state index in [2.05, 4.69) is 246 Å². The van der Waals surface area contributed by atoms with E-state index in [9.17, 15) is 0 Å². The van der Waals surface area contributed by atoms with Crippen LogP contribution in [-0.4, -0.2) is 8.07 Å². The predicted octanol–water partition coefficient (Wildman–Crippen LogP) is 17.7. The van der Waals surface area contributed by atoms with E-state index >= 15 is 0 Å². The van der Waals surface area contributed by atoms with E-state index in [-0.39, 0.29) is 10.8 Å². The van der Waals surface area contributed by atoms with Crippen molar-refractivity contribution in [3.05, 3.63) is 240 Å². The molecule has 0 N–H and O–H groups in total. The lowest BCUT2D eigenvalue weighted by atomic mass is 9.72. The lowest BCUT2D eigenvalue weighted by Gasteiger charge is -2.30. The minimum Gasteiger partial charge on any atom is -0.0623 e. The van der Waals surface area contributed by atoms with Crippen molar-refractivity contribution in [3.8, 4) is 77.9 Å². The Balaban J connectivity index is 1.06. The summed E-state index contributed by atoms with van der Waals surface area (Å²) >= 11 is 0. The number of fused-ring (bicyclic) bond motifs is 18. The minimum atomic E-state index is -2.07. The van der Waals surface area contributed by atoms with Crippen molar-refractivity contribution >= 4 is 61.5 Å². The van der Waals surface area contributed by atoms with Gasteiger partial charge in [0.1, 0.15) is 8.07 Å². The third kappa shape index (κ3) is 5.11. The molecule has 16 rings (SSSR count). The van der Waals surface area contributed by atoms with Crippen molar-refractivity contribution < 1.29 is 0 Å². The summed E-state index contributed by atoms with van der Waals surface area (Å²) < 4.78 is 0. The van der Waals surface area contributed by atoms with Crippen LogP contribution in [0.1, 0.15) is 48.6 Å². The van der Waals surface area contributed by atoms with Gasteiger partial charge in [-0.1, -0.05) is 203 Å². The number of benzene rings is 12. The quantitative estimate of drug-likeness (QED) is 0.120. The van der Waals surface area contributed by atoms with Crippen LogP contribution in [0.5, 0.6) is 0 Å². The molecule has 0 saturated heterocycles. The summed E-state index contributed by atoms with van der Waals surface area (Å²) in [4.78, 5) is 0. The molecule has 1 heterocycles. The minimum absolute atomic E-state index is 0.127. The van der Waals surface area contributed by atoms with Crippen LogP contribution in [0.3, 0.4) is 0 Å². The summed E-state index contributed by atoms with van der Waals surface area (Å²) in [5, 5.41) is 13.4. The van der Waals surface area contributed by atoms with Crippen molar-refractivity contribution in [3.63, 3.8) is 0 Å². The Kier molecular flexibility index (Phi) is 7.81. The summed E-state index contributed by atoms with van der Waals surface area (Å²) in [6, 6.07) is 83.0. The van der Waals surface area contributed by atoms with Gasteiger partial charge in [-0.3, -0.25) is 0 Å². The van der Waals surface area contributed by atoms with Gasteiger partial charge in [0.2, 0.25) is 0 Å². The SMILES string of the molecule is CC1(C)c2ccccc2-c2ccc(-c3c4ccc5cc4c(c4cc6c(cc34)-c3ccccc3[Si]6(C)C)-c3ccc4c(c3)C(C)(c3ccc6c(-c7ccc8ccccc8c7)ccc-5c6c3)c3ccccc3-4)cc21. The molecule has 4 aliphatic rings. The molecular formula is C71H50Si. The largest absolute Gasteiger partial charge is 0.113 e. The van der Waals surface area contributed by atoms with Gasteiger partial charge in [0.15, 0.2) is 0 Å². The van der Waals surface area contributed by atoms with E-state index in [0.717, 1.165) is 0 Å². The smallest absolute Gasteiger partial charge is 0.0623 e. The standard InChI is InChI=1S/C71H50Si/c1-70(2)62-19-11-8-16-51(62)53-28-25-45(36-64(53)70)68-56-30-24-44-35-59(56)69(61-40-67-58(39-60(61)68)55-18-10-13-21-66(55)72(67,4)5)46-26-29-54-52-17-9-12-20-63(52)71(3,65(54)37-46)47-27-31-50-48(32-33-49(44)57(50)38-47)43-23-22-41-14-6-7-15-42(41)34-43/h6-40H,1-5H3. The third-order valence-corrected chi connectivity index (χ3v) is 21.8. The van der Waals surface area contributed by atoms with Crippen LogP contribution in [0, 0.1) is 0 Å². The maximum atomic E-state index is 2.67. The molecule has 0 aromatic heterocycles. The fourth-order valence-electron chi connectivity index (χ4n) is 14.5. The molecule has 3 aliphatic carbocycles. The summed E-state index contributed by atoms with van der Waals surface area (Å²) in [5.74, 6) is 0.